The molecule has 2 aromatic rings. The van der Waals surface area contributed by atoms with Gasteiger partial charge in [-0.05, 0) is 49.2 Å². The van der Waals surface area contributed by atoms with E-state index in [1.54, 1.807) is 14.2 Å². The number of benzene rings is 2. The molecular formula is C20H28N2O4. The van der Waals surface area contributed by atoms with Gasteiger partial charge in [-0.2, -0.15) is 0 Å². The predicted molar refractivity (Wildman–Crippen MR) is 102 cm³/mol. The van der Waals surface area contributed by atoms with E-state index in [2.05, 4.69) is 0 Å². The lowest BCUT2D eigenvalue weighted by Crippen LogP contribution is -2.26. The van der Waals surface area contributed by atoms with Crippen molar-refractivity contribution in [2.24, 2.45) is 11.5 Å². The Labute approximate surface area is 155 Å². The number of nitrogens with two attached hydrogens (primary N) is 2. The molecule has 0 spiro atoms. The summed E-state index contributed by atoms with van der Waals surface area (Å²) in [6.45, 7) is 4.92. The normalized spacial score (nSPS) is 13.0. The summed E-state index contributed by atoms with van der Waals surface area (Å²) in [7, 11) is 3.21. The fourth-order valence-electron chi connectivity index (χ4n) is 2.75. The van der Waals surface area contributed by atoms with Crippen LogP contribution in [0.2, 0.25) is 0 Å². The number of hydrogen-bond donors (Lipinski definition) is 2. The second-order valence-corrected chi connectivity index (χ2v) is 5.74. The highest BCUT2D eigenvalue weighted by Gasteiger charge is 2.20. The van der Waals surface area contributed by atoms with Gasteiger partial charge in [-0.15, -0.1) is 0 Å². The van der Waals surface area contributed by atoms with E-state index in [9.17, 15) is 0 Å². The van der Waals surface area contributed by atoms with Gasteiger partial charge in [0.25, 0.3) is 0 Å². The Morgan fingerprint density at radius 1 is 0.692 bits per heavy atom. The van der Waals surface area contributed by atoms with Crippen LogP contribution in [0.4, 0.5) is 0 Å². The van der Waals surface area contributed by atoms with Crippen molar-refractivity contribution in [3.05, 3.63) is 47.5 Å². The summed E-state index contributed by atoms with van der Waals surface area (Å²) in [6, 6.07) is 10.4. The fourth-order valence-corrected chi connectivity index (χ4v) is 2.75. The van der Waals surface area contributed by atoms with Gasteiger partial charge in [0.05, 0.1) is 27.4 Å². The minimum absolute atomic E-state index is 0.414. The van der Waals surface area contributed by atoms with E-state index in [-0.39, 0.29) is 0 Å². The van der Waals surface area contributed by atoms with Gasteiger partial charge < -0.3 is 30.4 Å². The van der Waals surface area contributed by atoms with Crippen LogP contribution in [0.1, 0.15) is 37.1 Å². The Hall–Kier alpha value is -2.44. The molecule has 2 unspecified atom stereocenters. The van der Waals surface area contributed by atoms with Crippen LogP contribution >= 0.6 is 0 Å². The van der Waals surface area contributed by atoms with Gasteiger partial charge in [-0.3, -0.25) is 0 Å². The molecule has 0 fully saturated rings. The van der Waals surface area contributed by atoms with Gasteiger partial charge in [0.2, 0.25) is 0 Å². The Morgan fingerprint density at radius 2 is 1.08 bits per heavy atom. The molecule has 6 nitrogen and oxygen atoms in total. The molecule has 0 aromatic heterocycles. The smallest absolute Gasteiger partial charge is 0.161 e. The lowest BCUT2D eigenvalue weighted by Gasteiger charge is -2.23. The Balaban J connectivity index is 2.30. The third-order valence-corrected chi connectivity index (χ3v) is 4.13. The molecule has 0 saturated carbocycles. The Morgan fingerprint density at radius 3 is 1.38 bits per heavy atom. The van der Waals surface area contributed by atoms with E-state index in [1.165, 1.54) is 0 Å². The maximum absolute atomic E-state index is 6.43. The monoisotopic (exact) mass is 360 g/mol. The minimum atomic E-state index is -0.414. The van der Waals surface area contributed by atoms with Crippen LogP contribution in [0.3, 0.4) is 0 Å². The first-order valence-electron chi connectivity index (χ1n) is 8.68. The number of ether oxygens (including phenoxy) is 4. The van der Waals surface area contributed by atoms with E-state index in [4.69, 9.17) is 30.4 Å². The Kier molecular flexibility index (Phi) is 7.12. The molecule has 2 atom stereocenters. The van der Waals surface area contributed by atoms with Crippen molar-refractivity contribution in [2.75, 3.05) is 27.4 Å². The molecule has 0 radical (unpaired) electrons. The van der Waals surface area contributed by atoms with Gasteiger partial charge >= 0.3 is 0 Å². The van der Waals surface area contributed by atoms with Crippen LogP contribution < -0.4 is 30.4 Å². The summed E-state index contributed by atoms with van der Waals surface area (Å²) in [5, 5.41) is 0. The molecule has 0 aliphatic rings. The molecule has 0 amide bonds. The SMILES string of the molecule is CCOc1cc(C(N)C(N)c2ccc(OC)c(OCC)c2)ccc1OC. The maximum atomic E-state index is 6.43. The molecule has 2 aromatic carbocycles. The third-order valence-electron chi connectivity index (χ3n) is 4.13. The van der Waals surface area contributed by atoms with Gasteiger partial charge in [-0.1, -0.05) is 12.1 Å². The second-order valence-electron chi connectivity index (χ2n) is 5.74. The molecule has 2 rings (SSSR count). The van der Waals surface area contributed by atoms with Crippen molar-refractivity contribution in [3.63, 3.8) is 0 Å². The standard InChI is InChI=1S/C20H28N2O4/c1-5-25-17-11-13(7-9-15(17)23-3)19(21)20(22)14-8-10-16(24-4)18(12-14)26-6-2/h7-12,19-20H,5-6,21-22H2,1-4H3. The van der Waals surface area contributed by atoms with E-state index >= 15 is 0 Å². The highest BCUT2D eigenvalue weighted by atomic mass is 16.5. The fraction of sp³-hybridized carbons (Fsp3) is 0.400. The first kappa shape index (κ1) is 19.9. The van der Waals surface area contributed by atoms with Gasteiger partial charge in [0.15, 0.2) is 23.0 Å². The summed E-state index contributed by atoms with van der Waals surface area (Å²) in [6.07, 6.45) is 0. The van der Waals surface area contributed by atoms with Crippen molar-refractivity contribution in [2.45, 2.75) is 25.9 Å². The zero-order chi connectivity index (χ0) is 19.1. The van der Waals surface area contributed by atoms with Gasteiger partial charge in [-0.25, -0.2) is 0 Å². The van der Waals surface area contributed by atoms with Crippen molar-refractivity contribution < 1.29 is 18.9 Å². The zero-order valence-corrected chi connectivity index (χ0v) is 15.8. The summed E-state index contributed by atoms with van der Waals surface area (Å²) in [5.41, 5.74) is 14.6. The molecule has 0 aliphatic heterocycles. The van der Waals surface area contributed by atoms with Crippen LogP contribution in [-0.4, -0.2) is 27.4 Å². The summed E-state index contributed by atoms with van der Waals surface area (Å²) < 4.78 is 21.9. The average Bonchev–Trinajstić information content (AvgIpc) is 2.67. The van der Waals surface area contributed by atoms with Crippen molar-refractivity contribution >= 4 is 0 Å². The number of methoxy groups -OCH3 is 2. The third kappa shape index (κ3) is 4.39. The van der Waals surface area contributed by atoms with E-state index in [0.29, 0.717) is 36.2 Å². The van der Waals surface area contributed by atoms with Crippen LogP contribution in [0, 0.1) is 0 Å². The number of hydrogen-bond acceptors (Lipinski definition) is 6. The molecule has 4 N–H and O–H groups in total. The lowest BCUT2D eigenvalue weighted by molar-refractivity contribution is 0.309. The van der Waals surface area contributed by atoms with Gasteiger partial charge in [0.1, 0.15) is 0 Å². The van der Waals surface area contributed by atoms with Crippen molar-refractivity contribution in [1.82, 2.24) is 0 Å². The van der Waals surface area contributed by atoms with Crippen LogP contribution in [-0.2, 0) is 0 Å². The van der Waals surface area contributed by atoms with Crippen molar-refractivity contribution in [1.29, 1.82) is 0 Å². The van der Waals surface area contributed by atoms with E-state index in [1.807, 2.05) is 50.2 Å². The van der Waals surface area contributed by atoms with Crippen LogP contribution in [0.15, 0.2) is 36.4 Å². The molecule has 0 bridgehead atoms. The molecular weight excluding hydrogens is 332 g/mol. The second kappa shape index (κ2) is 9.31. The summed E-state index contributed by atoms with van der Waals surface area (Å²) >= 11 is 0. The van der Waals surface area contributed by atoms with Crippen LogP contribution in [0.5, 0.6) is 23.0 Å². The molecule has 0 aliphatic carbocycles. The maximum Gasteiger partial charge on any atom is 0.161 e. The lowest BCUT2D eigenvalue weighted by atomic mass is 9.94. The quantitative estimate of drug-likeness (QED) is 0.714. The molecule has 0 saturated heterocycles. The molecule has 0 heterocycles. The van der Waals surface area contributed by atoms with Gasteiger partial charge in [0, 0.05) is 12.1 Å². The molecule has 26 heavy (non-hydrogen) atoms. The topological polar surface area (TPSA) is 89.0 Å². The van der Waals surface area contributed by atoms with E-state index < -0.39 is 12.1 Å². The molecule has 6 heteroatoms. The average molecular weight is 360 g/mol. The van der Waals surface area contributed by atoms with Crippen LogP contribution in [0.25, 0.3) is 0 Å². The van der Waals surface area contributed by atoms with E-state index in [0.717, 1.165) is 11.1 Å². The first-order chi connectivity index (χ1) is 12.5. The largest absolute Gasteiger partial charge is 0.493 e. The zero-order valence-electron chi connectivity index (χ0n) is 15.8. The summed E-state index contributed by atoms with van der Waals surface area (Å²) in [4.78, 5) is 0. The Bertz CT molecular complexity index is 659. The first-order valence-corrected chi connectivity index (χ1v) is 8.68. The number of rotatable bonds is 9. The predicted octanol–water partition coefficient (Wildman–Crippen LogP) is 3.20. The van der Waals surface area contributed by atoms with Crippen molar-refractivity contribution in [3.8, 4) is 23.0 Å². The minimum Gasteiger partial charge on any atom is -0.493 e. The summed E-state index contributed by atoms with van der Waals surface area (Å²) in [5.74, 6) is 2.64. The highest BCUT2D eigenvalue weighted by molar-refractivity contribution is 5.46. The highest BCUT2D eigenvalue weighted by Crippen LogP contribution is 2.35. The molecule has 142 valence electrons.